The van der Waals surface area contributed by atoms with E-state index in [-0.39, 0.29) is 0 Å². The largest absolute Gasteiger partial charge is 0.361 e. The molecule has 0 aliphatic heterocycles. The Morgan fingerprint density at radius 1 is 1.11 bits per heavy atom. The van der Waals surface area contributed by atoms with Crippen molar-refractivity contribution in [2.45, 2.75) is 0 Å². The minimum Gasteiger partial charge on any atom is -0.361 e. The first kappa shape index (κ1) is 10.8. The molecule has 90 valence electrons. The van der Waals surface area contributed by atoms with E-state index in [1.807, 2.05) is 43.4 Å². The van der Waals surface area contributed by atoms with E-state index in [4.69, 9.17) is 0 Å². The van der Waals surface area contributed by atoms with Gasteiger partial charge in [-0.25, -0.2) is 0 Å². The second-order valence-electron chi connectivity index (χ2n) is 4.42. The van der Waals surface area contributed by atoms with Crippen molar-refractivity contribution in [2.75, 3.05) is 19.0 Å². The van der Waals surface area contributed by atoms with Crippen LogP contribution >= 0.6 is 0 Å². The van der Waals surface area contributed by atoms with Gasteiger partial charge in [-0.2, -0.15) is 5.10 Å². The maximum Gasteiger partial charge on any atom is 0.157 e. The van der Waals surface area contributed by atoms with Crippen molar-refractivity contribution < 1.29 is 0 Å². The molecule has 0 bridgehead atoms. The highest BCUT2D eigenvalue weighted by atomic mass is 15.2. The van der Waals surface area contributed by atoms with Gasteiger partial charge in [0.1, 0.15) is 0 Å². The van der Waals surface area contributed by atoms with E-state index < -0.39 is 0 Å². The van der Waals surface area contributed by atoms with Crippen molar-refractivity contribution in [3.63, 3.8) is 0 Å². The topological polar surface area (TPSA) is 44.8 Å². The summed E-state index contributed by atoms with van der Waals surface area (Å²) in [6, 6.07) is 12.2. The van der Waals surface area contributed by atoms with Crippen molar-refractivity contribution in [1.29, 1.82) is 0 Å². The summed E-state index contributed by atoms with van der Waals surface area (Å²) < 4.78 is 0. The Labute approximate surface area is 105 Å². The number of nitrogens with zero attached hydrogens (tertiary/aromatic N) is 3. The summed E-state index contributed by atoms with van der Waals surface area (Å²) in [5.41, 5.74) is 3.04. The number of rotatable bonds is 2. The molecule has 4 nitrogen and oxygen atoms in total. The number of pyridine rings is 1. The lowest BCUT2D eigenvalue weighted by atomic mass is 10.1. The number of aromatic amines is 1. The van der Waals surface area contributed by atoms with Gasteiger partial charge in [0, 0.05) is 25.0 Å². The Balaban J connectivity index is 2.18. The molecule has 0 fully saturated rings. The second-order valence-corrected chi connectivity index (χ2v) is 4.42. The van der Waals surface area contributed by atoms with Crippen LogP contribution in [-0.4, -0.2) is 29.3 Å². The Morgan fingerprint density at radius 2 is 1.89 bits per heavy atom. The van der Waals surface area contributed by atoms with Crippen LogP contribution in [0.5, 0.6) is 0 Å². The number of H-pyrrole nitrogens is 1. The zero-order valence-corrected chi connectivity index (χ0v) is 10.4. The van der Waals surface area contributed by atoms with E-state index in [0.717, 1.165) is 28.0 Å². The van der Waals surface area contributed by atoms with Gasteiger partial charge in [0.2, 0.25) is 0 Å². The Morgan fingerprint density at radius 3 is 2.61 bits per heavy atom. The molecule has 0 aliphatic rings. The molecule has 0 saturated heterocycles. The third-order valence-corrected chi connectivity index (χ3v) is 2.92. The summed E-state index contributed by atoms with van der Waals surface area (Å²) in [6.45, 7) is 0. The molecule has 0 radical (unpaired) electrons. The van der Waals surface area contributed by atoms with Crippen molar-refractivity contribution in [1.82, 2.24) is 15.2 Å². The van der Waals surface area contributed by atoms with Gasteiger partial charge >= 0.3 is 0 Å². The number of nitrogens with one attached hydrogen (secondary N) is 1. The zero-order valence-electron chi connectivity index (χ0n) is 10.4. The molecule has 3 aromatic rings. The Kier molecular flexibility index (Phi) is 2.48. The van der Waals surface area contributed by atoms with Crippen LogP contribution in [-0.2, 0) is 0 Å². The summed E-state index contributed by atoms with van der Waals surface area (Å²) in [7, 11) is 3.97. The van der Waals surface area contributed by atoms with E-state index in [1.54, 1.807) is 0 Å². The quantitative estimate of drug-likeness (QED) is 0.746. The van der Waals surface area contributed by atoms with Gasteiger partial charge in [-0.3, -0.25) is 10.1 Å². The van der Waals surface area contributed by atoms with Crippen LogP contribution in [0.3, 0.4) is 0 Å². The number of aromatic nitrogens is 3. The van der Waals surface area contributed by atoms with Gasteiger partial charge in [-0.15, -0.1) is 0 Å². The first-order valence-corrected chi connectivity index (χ1v) is 5.82. The molecule has 3 rings (SSSR count). The molecule has 1 N–H and O–H groups in total. The lowest BCUT2D eigenvalue weighted by Gasteiger charge is -2.08. The first-order valence-electron chi connectivity index (χ1n) is 5.82. The number of hydrogen-bond acceptors (Lipinski definition) is 3. The van der Waals surface area contributed by atoms with Crippen LogP contribution in [0, 0.1) is 0 Å². The SMILES string of the molecule is CN(C)c1n[nH]c2cnc(-c3ccccc3)cc12. The lowest BCUT2D eigenvalue weighted by Crippen LogP contribution is -2.09. The van der Waals surface area contributed by atoms with E-state index in [1.165, 1.54) is 0 Å². The van der Waals surface area contributed by atoms with E-state index in [0.29, 0.717) is 0 Å². The van der Waals surface area contributed by atoms with Crippen LogP contribution in [0.25, 0.3) is 22.2 Å². The lowest BCUT2D eigenvalue weighted by molar-refractivity contribution is 1.02. The first-order chi connectivity index (χ1) is 8.75. The van der Waals surface area contributed by atoms with Gasteiger partial charge in [0.05, 0.1) is 17.4 Å². The summed E-state index contributed by atoms with van der Waals surface area (Å²) >= 11 is 0. The van der Waals surface area contributed by atoms with Crippen LogP contribution < -0.4 is 4.90 Å². The highest BCUT2D eigenvalue weighted by Gasteiger charge is 2.09. The molecule has 2 aromatic heterocycles. The van der Waals surface area contributed by atoms with Crippen LogP contribution in [0.4, 0.5) is 5.82 Å². The smallest absolute Gasteiger partial charge is 0.157 e. The molecular weight excluding hydrogens is 224 g/mol. The van der Waals surface area contributed by atoms with E-state index >= 15 is 0 Å². The summed E-state index contributed by atoms with van der Waals surface area (Å²) in [5.74, 6) is 0.935. The van der Waals surface area contributed by atoms with Crippen molar-refractivity contribution in [2.24, 2.45) is 0 Å². The van der Waals surface area contributed by atoms with Gasteiger partial charge in [-0.1, -0.05) is 30.3 Å². The van der Waals surface area contributed by atoms with Crippen LogP contribution in [0.15, 0.2) is 42.6 Å². The molecule has 4 heteroatoms. The molecular formula is C14H14N4. The highest BCUT2D eigenvalue weighted by molar-refractivity contribution is 5.91. The predicted octanol–water partition coefficient (Wildman–Crippen LogP) is 2.69. The normalized spacial score (nSPS) is 10.8. The molecule has 18 heavy (non-hydrogen) atoms. The fourth-order valence-corrected chi connectivity index (χ4v) is 2.01. The van der Waals surface area contributed by atoms with Crippen LogP contribution in [0.2, 0.25) is 0 Å². The number of hydrogen-bond donors (Lipinski definition) is 1. The third-order valence-electron chi connectivity index (χ3n) is 2.92. The van der Waals surface area contributed by atoms with Crippen molar-refractivity contribution >= 4 is 16.7 Å². The molecule has 1 aromatic carbocycles. The zero-order chi connectivity index (χ0) is 12.5. The minimum atomic E-state index is 0.935. The maximum atomic E-state index is 4.46. The van der Waals surface area contributed by atoms with E-state index in [2.05, 4.69) is 33.4 Å². The predicted molar refractivity (Wildman–Crippen MR) is 73.7 cm³/mol. The summed E-state index contributed by atoms with van der Waals surface area (Å²) in [5, 5.41) is 8.38. The fraction of sp³-hybridized carbons (Fsp3) is 0.143. The average molecular weight is 238 g/mol. The van der Waals surface area contributed by atoms with E-state index in [9.17, 15) is 0 Å². The minimum absolute atomic E-state index is 0.935. The molecule has 2 heterocycles. The average Bonchev–Trinajstić information content (AvgIpc) is 2.82. The molecule has 0 amide bonds. The molecule has 0 spiro atoms. The second kappa shape index (κ2) is 4.14. The highest BCUT2D eigenvalue weighted by Crippen LogP contribution is 2.26. The number of fused-ring (bicyclic) bond motifs is 1. The van der Waals surface area contributed by atoms with Gasteiger partial charge in [-0.05, 0) is 6.07 Å². The number of benzene rings is 1. The van der Waals surface area contributed by atoms with Crippen LogP contribution in [0.1, 0.15) is 0 Å². The molecule has 0 saturated carbocycles. The summed E-state index contributed by atoms with van der Waals surface area (Å²) in [4.78, 5) is 6.45. The third kappa shape index (κ3) is 1.72. The van der Waals surface area contributed by atoms with Gasteiger partial charge in [0.15, 0.2) is 5.82 Å². The van der Waals surface area contributed by atoms with Crippen molar-refractivity contribution in [3.8, 4) is 11.3 Å². The molecule has 0 atom stereocenters. The summed E-state index contributed by atoms with van der Waals surface area (Å²) in [6.07, 6.45) is 1.83. The molecule has 0 unspecified atom stereocenters. The maximum absolute atomic E-state index is 4.46. The van der Waals surface area contributed by atoms with Crippen molar-refractivity contribution in [3.05, 3.63) is 42.6 Å². The number of anilines is 1. The van der Waals surface area contributed by atoms with Gasteiger partial charge < -0.3 is 4.90 Å². The van der Waals surface area contributed by atoms with Gasteiger partial charge in [0.25, 0.3) is 0 Å². The Hall–Kier alpha value is -2.36. The monoisotopic (exact) mass is 238 g/mol. The molecule has 0 aliphatic carbocycles. The Bertz CT molecular complexity index is 671. The standard InChI is InChI=1S/C14H14N4/c1-18(2)14-11-8-12(10-6-4-3-5-7-10)15-9-13(11)16-17-14/h3-9H,1-2H3,(H,16,17). The fourth-order valence-electron chi connectivity index (χ4n) is 2.01.